The van der Waals surface area contributed by atoms with Gasteiger partial charge in [0.05, 0.1) is 17.0 Å². The Hall–Kier alpha value is -2.52. The van der Waals surface area contributed by atoms with Crippen molar-refractivity contribution in [2.24, 2.45) is 0 Å². The molecule has 2 aromatic carbocycles. The van der Waals surface area contributed by atoms with Crippen molar-refractivity contribution in [2.75, 3.05) is 12.4 Å². The summed E-state index contributed by atoms with van der Waals surface area (Å²) >= 11 is 0.990. The molecule has 0 bridgehead atoms. The van der Waals surface area contributed by atoms with E-state index >= 15 is 0 Å². The van der Waals surface area contributed by atoms with Crippen LogP contribution >= 0.6 is 11.3 Å². The number of ether oxygens (including phenoxy) is 1. The molecule has 0 aliphatic carbocycles. The summed E-state index contributed by atoms with van der Waals surface area (Å²) in [6.07, 6.45) is -4.90. The molecular weight excluding hydrogens is 389 g/mol. The van der Waals surface area contributed by atoms with Crippen LogP contribution in [0, 0.1) is 11.6 Å². The average molecular weight is 401 g/mol. The molecule has 0 aliphatic rings. The van der Waals surface area contributed by atoms with E-state index in [9.17, 15) is 26.7 Å². The second kappa shape index (κ2) is 7.24. The molecule has 3 rings (SSSR count). The van der Waals surface area contributed by atoms with Crippen molar-refractivity contribution in [3.05, 3.63) is 64.0 Å². The number of nitrogens with one attached hydrogen (secondary N) is 1. The summed E-state index contributed by atoms with van der Waals surface area (Å²) in [6.45, 7) is -0.0547. The lowest BCUT2D eigenvalue weighted by Gasteiger charge is -2.11. The fourth-order valence-corrected chi connectivity index (χ4v) is 3.76. The molecule has 3 aromatic rings. The number of fused-ring (bicyclic) bond motifs is 1. The van der Waals surface area contributed by atoms with Gasteiger partial charge in [0.15, 0.2) is 0 Å². The predicted octanol–water partition coefficient (Wildman–Crippen LogP) is 5.60. The molecule has 1 N–H and O–H groups in total. The van der Waals surface area contributed by atoms with Gasteiger partial charge in [-0.2, -0.15) is 13.2 Å². The van der Waals surface area contributed by atoms with Gasteiger partial charge in [-0.25, -0.2) is 8.78 Å². The Bertz CT molecular complexity index is 1010. The van der Waals surface area contributed by atoms with E-state index in [1.54, 1.807) is 6.07 Å². The number of methoxy groups -OCH3 is 1. The normalized spacial score (nSPS) is 11.8. The lowest BCUT2D eigenvalue weighted by Crippen LogP contribution is -2.14. The third-order valence-corrected chi connectivity index (χ3v) is 4.98. The van der Waals surface area contributed by atoms with E-state index in [-0.39, 0.29) is 22.6 Å². The molecule has 0 saturated heterocycles. The van der Waals surface area contributed by atoms with Crippen molar-refractivity contribution in [3.63, 3.8) is 0 Å². The zero-order valence-corrected chi connectivity index (χ0v) is 14.6. The van der Waals surface area contributed by atoms with Gasteiger partial charge in [0.2, 0.25) is 0 Å². The number of alkyl halides is 3. The Morgan fingerprint density at radius 2 is 1.89 bits per heavy atom. The monoisotopic (exact) mass is 401 g/mol. The minimum atomic E-state index is -4.90. The van der Waals surface area contributed by atoms with Crippen molar-refractivity contribution in [1.29, 1.82) is 0 Å². The van der Waals surface area contributed by atoms with Crippen LogP contribution in [-0.4, -0.2) is 13.0 Å². The summed E-state index contributed by atoms with van der Waals surface area (Å²) in [6, 6.07) is 6.51. The van der Waals surface area contributed by atoms with E-state index in [1.807, 2.05) is 0 Å². The first-order valence-corrected chi connectivity index (χ1v) is 8.41. The van der Waals surface area contributed by atoms with Crippen LogP contribution in [0.25, 0.3) is 10.1 Å². The van der Waals surface area contributed by atoms with Gasteiger partial charge in [-0.1, -0.05) is 6.07 Å². The number of carbonyl (C=O) groups is 1. The minimum Gasteiger partial charge on any atom is -0.380 e. The quantitative estimate of drug-likeness (QED) is 0.578. The zero-order valence-electron chi connectivity index (χ0n) is 13.8. The van der Waals surface area contributed by atoms with Crippen LogP contribution < -0.4 is 5.32 Å². The van der Waals surface area contributed by atoms with Crippen molar-refractivity contribution >= 4 is 33.0 Å². The molecule has 0 fully saturated rings. The van der Waals surface area contributed by atoms with Gasteiger partial charge in [0.1, 0.15) is 11.6 Å². The van der Waals surface area contributed by atoms with Crippen molar-refractivity contribution in [1.82, 2.24) is 0 Å². The summed E-state index contributed by atoms with van der Waals surface area (Å²) in [5.74, 6) is -2.71. The Labute approximate surface area is 154 Å². The molecule has 27 heavy (non-hydrogen) atoms. The van der Waals surface area contributed by atoms with Gasteiger partial charge in [-0.05, 0) is 30.3 Å². The molecule has 3 nitrogen and oxygen atoms in total. The zero-order chi connectivity index (χ0) is 19.8. The number of halogens is 5. The maximum absolute atomic E-state index is 14.2. The summed E-state index contributed by atoms with van der Waals surface area (Å²) in [5.41, 5.74) is -1.42. The third kappa shape index (κ3) is 3.79. The molecular formula is C18H12F5NO2S. The van der Waals surface area contributed by atoms with E-state index in [0.717, 1.165) is 17.4 Å². The van der Waals surface area contributed by atoms with Crippen LogP contribution in [0.2, 0.25) is 0 Å². The van der Waals surface area contributed by atoms with Crippen LogP contribution in [0.4, 0.5) is 27.6 Å². The number of hydrogen-bond acceptors (Lipinski definition) is 3. The summed E-state index contributed by atoms with van der Waals surface area (Å²) < 4.78 is 71.6. The second-order valence-electron chi connectivity index (χ2n) is 5.60. The first kappa shape index (κ1) is 19.2. The van der Waals surface area contributed by atoms with Crippen LogP contribution in [0.15, 0.2) is 36.4 Å². The average Bonchev–Trinajstić information content (AvgIpc) is 2.96. The molecule has 0 unspecified atom stereocenters. The van der Waals surface area contributed by atoms with Gasteiger partial charge in [-0.15, -0.1) is 11.3 Å². The summed E-state index contributed by atoms with van der Waals surface area (Å²) in [5, 5.41) is 2.53. The van der Waals surface area contributed by atoms with E-state index in [0.29, 0.717) is 22.4 Å². The third-order valence-electron chi connectivity index (χ3n) is 3.79. The van der Waals surface area contributed by atoms with E-state index in [1.165, 1.54) is 19.2 Å². The predicted molar refractivity (Wildman–Crippen MR) is 91.9 cm³/mol. The summed E-state index contributed by atoms with van der Waals surface area (Å²) in [7, 11) is 1.38. The molecule has 9 heteroatoms. The highest BCUT2D eigenvalue weighted by Crippen LogP contribution is 2.35. The molecule has 0 radical (unpaired) electrons. The van der Waals surface area contributed by atoms with E-state index in [4.69, 9.17) is 4.74 Å². The Morgan fingerprint density at radius 3 is 2.56 bits per heavy atom. The Morgan fingerprint density at radius 1 is 1.15 bits per heavy atom. The second-order valence-corrected chi connectivity index (χ2v) is 6.65. The Kier molecular flexibility index (Phi) is 5.16. The molecule has 0 atom stereocenters. The molecule has 0 aliphatic heterocycles. The molecule has 0 spiro atoms. The standard InChI is InChI=1S/C18H12F5NO2S/c1-26-8-10-15-13(20)3-2-4-14(15)27-16(10)17(25)24-9-5-6-12(19)11(7-9)18(21,22)23/h2-7H,8H2,1H3,(H,24,25). The molecule has 1 heterocycles. The van der Waals surface area contributed by atoms with Crippen LogP contribution in [0.3, 0.4) is 0 Å². The molecule has 0 saturated carbocycles. The maximum Gasteiger partial charge on any atom is 0.419 e. The van der Waals surface area contributed by atoms with E-state index < -0.39 is 29.3 Å². The smallest absolute Gasteiger partial charge is 0.380 e. The highest BCUT2D eigenvalue weighted by atomic mass is 32.1. The number of benzene rings is 2. The van der Waals surface area contributed by atoms with Gasteiger partial charge >= 0.3 is 6.18 Å². The number of anilines is 1. The lowest BCUT2D eigenvalue weighted by molar-refractivity contribution is -0.139. The number of hydrogen-bond donors (Lipinski definition) is 1. The highest BCUT2D eigenvalue weighted by molar-refractivity contribution is 7.21. The van der Waals surface area contributed by atoms with Crippen LogP contribution in [-0.2, 0) is 17.5 Å². The summed E-state index contributed by atoms with van der Waals surface area (Å²) in [4.78, 5) is 12.7. The fourth-order valence-electron chi connectivity index (χ4n) is 2.64. The lowest BCUT2D eigenvalue weighted by atomic mass is 10.1. The van der Waals surface area contributed by atoms with E-state index in [2.05, 4.69) is 5.32 Å². The van der Waals surface area contributed by atoms with Crippen molar-refractivity contribution in [3.8, 4) is 0 Å². The van der Waals surface area contributed by atoms with Crippen LogP contribution in [0.5, 0.6) is 0 Å². The number of amides is 1. The van der Waals surface area contributed by atoms with Gasteiger partial charge in [0, 0.05) is 28.4 Å². The fraction of sp³-hybridized carbons (Fsp3) is 0.167. The minimum absolute atomic E-state index is 0.0547. The van der Waals surface area contributed by atoms with Crippen molar-refractivity contribution in [2.45, 2.75) is 12.8 Å². The van der Waals surface area contributed by atoms with Gasteiger partial charge in [0.25, 0.3) is 5.91 Å². The molecule has 1 amide bonds. The first-order chi connectivity index (χ1) is 12.7. The maximum atomic E-state index is 14.2. The number of rotatable bonds is 4. The first-order valence-electron chi connectivity index (χ1n) is 7.59. The van der Waals surface area contributed by atoms with Gasteiger partial charge in [-0.3, -0.25) is 4.79 Å². The largest absolute Gasteiger partial charge is 0.419 e. The van der Waals surface area contributed by atoms with Crippen LogP contribution in [0.1, 0.15) is 20.8 Å². The highest BCUT2D eigenvalue weighted by Gasteiger charge is 2.34. The SMILES string of the molecule is COCc1c(C(=O)Nc2ccc(F)c(C(F)(F)F)c2)sc2cccc(F)c12. The Balaban J connectivity index is 2.00. The van der Waals surface area contributed by atoms with Gasteiger partial charge < -0.3 is 10.1 Å². The molecule has 1 aromatic heterocycles. The molecule has 142 valence electrons. The number of thiophene rings is 1. The topological polar surface area (TPSA) is 38.3 Å². The number of carbonyl (C=O) groups excluding carboxylic acids is 1. The van der Waals surface area contributed by atoms with Crippen molar-refractivity contribution < 1.29 is 31.5 Å².